The second-order valence-electron chi connectivity index (χ2n) is 7.82. The lowest BCUT2D eigenvalue weighted by molar-refractivity contribution is -0.126. The standard InChI is InChI=1S/C23H28N4O3S/c1-17-6-2-3-9-20(17)22-25-21(30-26-22)15-27-11-4-7-18(14-27)23(28)24-10-13-31-16-19-8-5-12-29-19/h2-3,5-6,8-9,12,18H,4,7,10-11,13-16H2,1H3,(H,24,28). The Morgan fingerprint density at radius 1 is 1.29 bits per heavy atom. The number of thioether (sulfide) groups is 1. The van der Waals surface area contributed by atoms with Gasteiger partial charge in [0.15, 0.2) is 0 Å². The Kier molecular flexibility index (Phi) is 7.43. The van der Waals surface area contributed by atoms with E-state index in [-0.39, 0.29) is 11.8 Å². The Labute approximate surface area is 186 Å². The minimum atomic E-state index is 0.00239. The fourth-order valence-electron chi connectivity index (χ4n) is 3.81. The number of aryl methyl sites for hydroxylation is 1. The molecule has 1 aliphatic heterocycles. The summed E-state index contributed by atoms with van der Waals surface area (Å²) in [7, 11) is 0. The SMILES string of the molecule is Cc1ccccc1-c1noc(CN2CCCC(C(=O)NCCSCc3ccco3)C2)n1. The molecule has 4 rings (SSSR count). The van der Waals surface area contributed by atoms with E-state index in [0.717, 1.165) is 47.8 Å². The number of hydrogen-bond donors (Lipinski definition) is 1. The summed E-state index contributed by atoms with van der Waals surface area (Å²) in [5.74, 6) is 4.00. The van der Waals surface area contributed by atoms with Gasteiger partial charge in [0.1, 0.15) is 5.76 Å². The van der Waals surface area contributed by atoms with Gasteiger partial charge in [-0.2, -0.15) is 16.7 Å². The zero-order valence-corrected chi connectivity index (χ0v) is 18.6. The van der Waals surface area contributed by atoms with Gasteiger partial charge in [-0.25, -0.2) is 0 Å². The first-order valence-corrected chi connectivity index (χ1v) is 11.8. The fourth-order valence-corrected chi connectivity index (χ4v) is 4.57. The molecule has 1 N–H and O–H groups in total. The van der Waals surface area contributed by atoms with Gasteiger partial charge in [-0.1, -0.05) is 29.4 Å². The van der Waals surface area contributed by atoms with E-state index >= 15 is 0 Å². The molecule has 1 saturated heterocycles. The molecule has 0 radical (unpaired) electrons. The molecule has 0 aliphatic carbocycles. The highest BCUT2D eigenvalue weighted by atomic mass is 32.2. The van der Waals surface area contributed by atoms with Gasteiger partial charge in [-0.05, 0) is 44.0 Å². The molecule has 1 atom stereocenters. The highest BCUT2D eigenvalue weighted by Gasteiger charge is 2.26. The maximum atomic E-state index is 12.6. The summed E-state index contributed by atoms with van der Waals surface area (Å²) in [6.45, 7) is 4.93. The van der Waals surface area contributed by atoms with Crippen LogP contribution in [0.4, 0.5) is 0 Å². The number of carbonyl (C=O) groups is 1. The fraction of sp³-hybridized carbons (Fsp3) is 0.435. The van der Waals surface area contributed by atoms with E-state index in [0.29, 0.717) is 31.3 Å². The van der Waals surface area contributed by atoms with Crippen molar-refractivity contribution in [1.29, 1.82) is 0 Å². The topological polar surface area (TPSA) is 84.4 Å². The molecule has 8 heteroatoms. The second-order valence-corrected chi connectivity index (χ2v) is 8.93. The lowest BCUT2D eigenvalue weighted by Crippen LogP contribution is -2.43. The van der Waals surface area contributed by atoms with E-state index < -0.39 is 0 Å². The van der Waals surface area contributed by atoms with Gasteiger partial charge >= 0.3 is 0 Å². The maximum absolute atomic E-state index is 12.6. The zero-order valence-electron chi connectivity index (χ0n) is 17.8. The van der Waals surface area contributed by atoms with Gasteiger partial charge in [-0.15, -0.1) is 0 Å². The average Bonchev–Trinajstić information content (AvgIpc) is 3.46. The number of benzene rings is 1. The third-order valence-electron chi connectivity index (χ3n) is 5.46. The number of amides is 1. The van der Waals surface area contributed by atoms with Crippen molar-refractivity contribution in [2.75, 3.05) is 25.4 Å². The van der Waals surface area contributed by atoms with Crippen LogP contribution in [0.3, 0.4) is 0 Å². The minimum Gasteiger partial charge on any atom is -0.468 e. The average molecular weight is 441 g/mol. The van der Waals surface area contributed by atoms with Crippen molar-refractivity contribution in [3.63, 3.8) is 0 Å². The summed E-state index contributed by atoms with van der Waals surface area (Å²) in [5.41, 5.74) is 2.10. The van der Waals surface area contributed by atoms with Crippen molar-refractivity contribution in [2.45, 2.75) is 32.1 Å². The molecular formula is C23H28N4O3S. The number of likely N-dealkylation sites (tertiary alicyclic amines) is 1. The molecular weight excluding hydrogens is 412 g/mol. The van der Waals surface area contributed by atoms with Gasteiger partial charge in [0.2, 0.25) is 17.6 Å². The molecule has 7 nitrogen and oxygen atoms in total. The molecule has 1 aromatic carbocycles. The largest absolute Gasteiger partial charge is 0.468 e. The lowest BCUT2D eigenvalue weighted by atomic mass is 9.97. The molecule has 1 fully saturated rings. The van der Waals surface area contributed by atoms with Crippen molar-refractivity contribution in [3.8, 4) is 11.4 Å². The van der Waals surface area contributed by atoms with Crippen molar-refractivity contribution in [3.05, 3.63) is 59.9 Å². The van der Waals surface area contributed by atoms with Crippen LogP contribution in [0.5, 0.6) is 0 Å². The molecule has 0 bridgehead atoms. The number of nitrogens with one attached hydrogen (secondary N) is 1. The monoisotopic (exact) mass is 440 g/mol. The summed E-state index contributed by atoms with van der Waals surface area (Å²) < 4.78 is 10.8. The van der Waals surface area contributed by atoms with Crippen LogP contribution < -0.4 is 5.32 Å². The molecule has 0 saturated carbocycles. The number of furan rings is 1. The van der Waals surface area contributed by atoms with E-state index in [2.05, 4.69) is 20.4 Å². The van der Waals surface area contributed by atoms with Crippen LogP contribution in [-0.2, 0) is 17.1 Å². The molecule has 1 unspecified atom stereocenters. The summed E-state index contributed by atoms with van der Waals surface area (Å²) in [6, 6.07) is 11.9. The third-order valence-corrected chi connectivity index (χ3v) is 6.44. The molecule has 1 aliphatic rings. The number of nitrogens with zero attached hydrogens (tertiary/aromatic N) is 3. The molecule has 3 aromatic rings. The molecule has 3 heterocycles. The smallest absolute Gasteiger partial charge is 0.241 e. The number of rotatable bonds is 9. The van der Waals surface area contributed by atoms with Crippen molar-refractivity contribution < 1.29 is 13.7 Å². The summed E-state index contributed by atoms with van der Waals surface area (Å²) in [5, 5.41) is 7.22. The number of aromatic nitrogens is 2. The van der Waals surface area contributed by atoms with Crippen LogP contribution in [0.15, 0.2) is 51.6 Å². The zero-order chi connectivity index (χ0) is 21.5. The minimum absolute atomic E-state index is 0.00239. The molecule has 1 amide bonds. The van der Waals surface area contributed by atoms with Gasteiger partial charge < -0.3 is 14.3 Å². The summed E-state index contributed by atoms with van der Waals surface area (Å²) in [6.07, 6.45) is 3.59. The van der Waals surface area contributed by atoms with Gasteiger partial charge in [0.25, 0.3) is 0 Å². The predicted octanol–water partition coefficient (Wildman–Crippen LogP) is 3.90. The normalized spacial score (nSPS) is 17.0. The van der Waals surface area contributed by atoms with E-state index in [1.54, 1.807) is 18.0 Å². The summed E-state index contributed by atoms with van der Waals surface area (Å²) in [4.78, 5) is 19.4. The van der Waals surface area contributed by atoms with Crippen LogP contribution in [0.1, 0.15) is 30.1 Å². The van der Waals surface area contributed by atoms with Crippen LogP contribution in [0.25, 0.3) is 11.4 Å². The van der Waals surface area contributed by atoms with Crippen LogP contribution in [0, 0.1) is 12.8 Å². The van der Waals surface area contributed by atoms with Crippen LogP contribution in [0.2, 0.25) is 0 Å². The van der Waals surface area contributed by atoms with Gasteiger partial charge in [0, 0.05) is 24.4 Å². The Balaban J connectivity index is 1.22. The molecule has 0 spiro atoms. The molecule has 2 aromatic heterocycles. The Morgan fingerprint density at radius 3 is 3.03 bits per heavy atom. The maximum Gasteiger partial charge on any atom is 0.241 e. The quantitative estimate of drug-likeness (QED) is 0.505. The Morgan fingerprint density at radius 2 is 2.19 bits per heavy atom. The highest BCUT2D eigenvalue weighted by molar-refractivity contribution is 7.98. The number of carbonyl (C=O) groups excluding carboxylic acids is 1. The predicted molar refractivity (Wildman–Crippen MR) is 120 cm³/mol. The Bertz CT molecular complexity index is 973. The molecule has 31 heavy (non-hydrogen) atoms. The van der Waals surface area contributed by atoms with Crippen molar-refractivity contribution in [2.24, 2.45) is 5.92 Å². The van der Waals surface area contributed by atoms with Crippen LogP contribution in [-0.4, -0.2) is 46.3 Å². The lowest BCUT2D eigenvalue weighted by Gasteiger charge is -2.30. The number of hydrogen-bond acceptors (Lipinski definition) is 7. The number of piperidine rings is 1. The van der Waals surface area contributed by atoms with Crippen LogP contribution >= 0.6 is 11.8 Å². The van der Waals surface area contributed by atoms with E-state index in [9.17, 15) is 4.79 Å². The highest BCUT2D eigenvalue weighted by Crippen LogP contribution is 2.22. The van der Waals surface area contributed by atoms with E-state index in [4.69, 9.17) is 8.94 Å². The first kappa shape index (κ1) is 21.6. The second kappa shape index (κ2) is 10.6. The van der Waals surface area contributed by atoms with E-state index in [1.165, 1.54) is 0 Å². The van der Waals surface area contributed by atoms with Gasteiger partial charge in [0.05, 0.1) is 24.5 Å². The Hall–Kier alpha value is -2.58. The van der Waals surface area contributed by atoms with Crippen molar-refractivity contribution in [1.82, 2.24) is 20.4 Å². The third kappa shape index (κ3) is 5.98. The first-order chi connectivity index (χ1) is 15.2. The summed E-state index contributed by atoms with van der Waals surface area (Å²) >= 11 is 1.76. The van der Waals surface area contributed by atoms with Crippen molar-refractivity contribution >= 4 is 17.7 Å². The first-order valence-electron chi connectivity index (χ1n) is 10.7. The van der Waals surface area contributed by atoms with Gasteiger partial charge in [-0.3, -0.25) is 9.69 Å². The molecule has 164 valence electrons. The van der Waals surface area contributed by atoms with E-state index in [1.807, 2.05) is 43.3 Å².